The summed E-state index contributed by atoms with van der Waals surface area (Å²) in [5.41, 5.74) is 14.4. The molecule has 0 unspecified atom stereocenters. The van der Waals surface area contributed by atoms with E-state index < -0.39 is 0 Å². The minimum atomic E-state index is 1.15. The van der Waals surface area contributed by atoms with Gasteiger partial charge in [0.25, 0.3) is 0 Å². The second kappa shape index (κ2) is 12.7. The highest BCUT2D eigenvalue weighted by atomic mass is 32.1. The second-order valence-electron chi connectivity index (χ2n) is 14.9. The molecule has 9 aromatic carbocycles. The van der Waals surface area contributed by atoms with Gasteiger partial charge in [-0.1, -0.05) is 133 Å². The van der Waals surface area contributed by atoms with Crippen molar-refractivity contribution in [2.45, 2.75) is 0 Å². The van der Waals surface area contributed by atoms with Crippen LogP contribution in [0.2, 0.25) is 0 Å². The Morgan fingerprint density at radius 2 is 0.860 bits per heavy atom. The van der Waals surface area contributed by atoms with E-state index in [2.05, 4.69) is 215 Å². The van der Waals surface area contributed by atoms with Crippen molar-refractivity contribution in [2.75, 3.05) is 0 Å². The van der Waals surface area contributed by atoms with E-state index in [4.69, 9.17) is 0 Å². The van der Waals surface area contributed by atoms with Crippen molar-refractivity contribution in [3.63, 3.8) is 0 Å². The van der Waals surface area contributed by atoms with Crippen molar-refractivity contribution in [3.8, 4) is 44.8 Å². The number of aromatic nitrogens is 2. The Morgan fingerprint density at radius 3 is 1.63 bits per heavy atom. The first-order valence-electron chi connectivity index (χ1n) is 19.5. The molecule has 3 aromatic heterocycles. The smallest absolute Gasteiger partial charge is 0.0553 e. The van der Waals surface area contributed by atoms with Crippen LogP contribution in [0.15, 0.2) is 206 Å². The molecule has 0 saturated heterocycles. The molecule has 3 heteroatoms. The van der Waals surface area contributed by atoms with E-state index in [9.17, 15) is 0 Å². The van der Waals surface area contributed by atoms with Gasteiger partial charge in [0.1, 0.15) is 0 Å². The van der Waals surface area contributed by atoms with Crippen LogP contribution in [0.1, 0.15) is 0 Å². The average molecular weight is 743 g/mol. The van der Waals surface area contributed by atoms with Crippen LogP contribution in [-0.4, -0.2) is 9.13 Å². The van der Waals surface area contributed by atoms with Crippen molar-refractivity contribution < 1.29 is 0 Å². The van der Waals surface area contributed by atoms with Crippen molar-refractivity contribution in [2.24, 2.45) is 0 Å². The Labute approximate surface area is 333 Å². The summed E-state index contributed by atoms with van der Waals surface area (Å²) in [6, 6.07) is 75.7. The zero-order valence-corrected chi connectivity index (χ0v) is 31.7. The van der Waals surface area contributed by atoms with Crippen LogP contribution in [0.3, 0.4) is 0 Å². The third kappa shape index (κ3) is 5.03. The van der Waals surface area contributed by atoms with Crippen molar-refractivity contribution in [1.82, 2.24) is 9.13 Å². The molecule has 0 aliphatic heterocycles. The number of para-hydroxylation sites is 2. The maximum Gasteiger partial charge on any atom is 0.0553 e. The van der Waals surface area contributed by atoms with Gasteiger partial charge in [-0.25, -0.2) is 0 Å². The Bertz CT molecular complexity index is 3500. The highest BCUT2D eigenvalue weighted by molar-refractivity contribution is 7.25. The maximum atomic E-state index is 2.44. The van der Waals surface area contributed by atoms with E-state index in [1.807, 2.05) is 11.3 Å². The van der Waals surface area contributed by atoms with Gasteiger partial charge in [-0.05, 0) is 106 Å². The third-order valence-corrected chi connectivity index (χ3v) is 12.8. The van der Waals surface area contributed by atoms with E-state index in [0.717, 1.165) is 5.69 Å². The normalized spacial score (nSPS) is 11.9. The number of fused-ring (bicyclic) bond motifs is 9. The van der Waals surface area contributed by atoms with Gasteiger partial charge >= 0.3 is 0 Å². The van der Waals surface area contributed by atoms with E-state index in [1.165, 1.54) is 103 Å². The Hall–Kier alpha value is -7.20. The minimum absolute atomic E-state index is 1.15. The Kier molecular flexibility index (Phi) is 7.13. The lowest BCUT2D eigenvalue weighted by Gasteiger charge is -2.12. The Balaban J connectivity index is 1.09. The van der Waals surface area contributed by atoms with E-state index >= 15 is 0 Å². The van der Waals surface area contributed by atoms with Crippen molar-refractivity contribution in [3.05, 3.63) is 206 Å². The first-order chi connectivity index (χ1) is 28.3. The highest BCUT2D eigenvalue weighted by Crippen LogP contribution is 2.44. The first-order valence-corrected chi connectivity index (χ1v) is 20.3. The molecular formula is C54H34N2S. The van der Waals surface area contributed by atoms with E-state index in [0.29, 0.717) is 0 Å². The molecule has 57 heavy (non-hydrogen) atoms. The van der Waals surface area contributed by atoms with Gasteiger partial charge in [-0.2, -0.15) is 0 Å². The number of hydrogen-bond acceptors (Lipinski definition) is 1. The first kappa shape index (κ1) is 32.1. The van der Waals surface area contributed by atoms with Crippen LogP contribution in [0, 0.1) is 0 Å². The SMILES string of the molecule is c1ccc(-c2cc(-c3ccccc3)c3c4cc(-c5ccc6c(c5)c5ccccc5n6-c5ccc6c(c5)sc5ccccc56)ccc4n(-c4ccccc4)c3c2)cc1. The molecule has 12 rings (SSSR count). The van der Waals surface area contributed by atoms with Gasteiger partial charge in [-0.3, -0.25) is 0 Å². The van der Waals surface area contributed by atoms with Gasteiger partial charge in [0.2, 0.25) is 0 Å². The molecular weight excluding hydrogens is 709 g/mol. The number of nitrogens with zero attached hydrogens (tertiary/aromatic N) is 2. The molecule has 12 aromatic rings. The standard InChI is InChI=1S/C54H34N2S/c1-4-14-35(15-5-1)39-32-45(36-16-6-2-7-17-36)54-47-31-38(25-29-50(47)55(51(54)33-39)40-18-8-3-9-19-40)37-24-28-49-46(30-37)42-20-10-12-22-48(42)56(49)41-26-27-44-43-21-11-13-23-52(43)57-53(44)34-41/h1-34H. The van der Waals surface area contributed by atoms with Crippen LogP contribution < -0.4 is 0 Å². The van der Waals surface area contributed by atoms with Gasteiger partial charge in [0.05, 0.1) is 22.1 Å². The lowest BCUT2D eigenvalue weighted by molar-refractivity contribution is 1.18. The number of thiophene rings is 1. The number of benzene rings is 9. The second-order valence-corrected chi connectivity index (χ2v) is 16.0. The molecule has 266 valence electrons. The molecule has 2 nitrogen and oxygen atoms in total. The van der Waals surface area contributed by atoms with Gasteiger partial charge in [0, 0.05) is 53.1 Å². The summed E-state index contributed by atoms with van der Waals surface area (Å²) < 4.78 is 7.51. The monoisotopic (exact) mass is 742 g/mol. The predicted molar refractivity (Wildman–Crippen MR) is 244 cm³/mol. The predicted octanol–water partition coefficient (Wildman–Crippen LogP) is 15.2. The molecule has 0 atom stereocenters. The number of rotatable bonds is 5. The minimum Gasteiger partial charge on any atom is -0.309 e. The fourth-order valence-corrected chi connectivity index (χ4v) is 10.2. The summed E-state index contributed by atoms with van der Waals surface area (Å²) >= 11 is 1.87. The molecule has 0 saturated carbocycles. The van der Waals surface area contributed by atoms with Gasteiger partial charge in [-0.15, -0.1) is 11.3 Å². The molecule has 0 fully saturated rings. The molecule has 0 N–H and O–H groups in total. The van der Waals surface area contributed by atoms with Crippen LogP contribution in [-0.2, 0) is 0 Å². The molecule has 0 amide bonds. The summed E-state index contributed by atoms with van der Waals surface area (Å²) in [5.74, 6) is 0. The zero-order valence-electron chi connectivity index (χ0n) is 30.9. The molecule has 0 aliphatic carbocycles. The molecule has 3 heterocycles. The lowest BCUT2D eigenvalue weighted by atomic mass is 9.93. The number of hydrogen-bond donors (Lipinski definition) is 0. The average Bonchev–Trinajstić information content (AvgIpc) is 3.93. The summed E-state index contributed by atoms with van der Waals surface area (Å²) in [6.07, 6.45) is 0. The third-order valence-electron chi connectivity index (χ3n) is 11.7. The lowest BCUT2D eigenvalue weighted by Crippen LogP contribution is -1.94. The van der Waals surface area contributed by atoms with E-state index in [-0.39, 0.29) is 0 Å². The molecule has 0 aliphatic rings. The van der Waals surface area contributed by atoms with Crippen LogP contribution in [0.5, 0.6) is 0 Å². The summed E-state index contributed by atoms with van der Waals surface area (Å²) in [7, 11) is 0. The van der Waals surface area contributed by atoms with E-state index in [1.54, 1.807) is 0 Å². The van der Waals surface area contributed by atoms with Crippen molar-refractivity contribution in [1.29, 1.82) is 0 Å². The molecule has 0 bridgehead atoms. The summed E-state index contributed by atoms with van der Waals surface area (Å²) in [6.45, 7) is 0. The highest BCUT2D eigenvalue weighted by Gasteiger charge is 2.20. The quantitative estimate of drug-likeness (QED) is 0.166. The van der Waals surface area contributed by atoms with Gasteiger partial charge in [0.15, 0.2) is 0 Å². The zero-order chi connectivity index (χ0) is 37.5. The topological polar surface area (TPSA) is 9.86 Å². The molecule has 0 spiro atoms. The largest absolute Gasteiger partial charge is 0.309 e. The molecule has 0 radical (unpaired) electrons. The summed E-state index contributed by atoms with van der Waals surface area (Å²) in [4.78, 5) is 0. The van der Waals surface area contributed by atoms with Gasteiger partial charge < -0.3 is 9.13 Å². The van der Waals surface area contributed by atoms with Crippen LogP contribution >= 0.6 is 11.3 Å². The van der Waals surface area contributed by atoms with Crippen molar-refractivity contribution >= 4 is 75.1 Å². The fraction of sp³-hybridized carbons (Fsp3) is 0. The van der Waals surface area contributed by atoms with Crippen LogP contribution in [0.4, 0.5) is 0 Å². The summed E-state index contributed by atoms with van der Waals surface area (Å²) in [5, 5.41) is 7.65. The van der Waals surface area contributed by atoms with Crippen LogP contribution in [0.25, 0.3) is 109 Å². The fourth-order valence-electron chi connectivity index (χ4n) is 9.11. The Morgan fingerprint density at radius 1 is 0.281 bits per heavy atom. The maximum absolute atomic E-state index is 2.44.